The summed E-state index contributed by atoms with van der Waals surface area (Å²) in [6, 6.07) is 10.2. The summed E-state index contributed by atoms with van der Waals surface area (Å²) in [5.41, 5.74) is 0.0422. The zero-order valence-corrected chi connectivity index (χ0v) is 15.9. The molecule has 1 aliphatic rings. The number of hydrogen-bond donors (Lipinski definition) is 0. The normalized spacial score (nSPS) is 17.4. The van der Waals surface area contributed by atoms with Crippen molar-refractivity contribution in [1.82, 2.24) is 10.1 Å². The molecule has 7 nitrogen and oxygen atoms in total. The maximum Gasteiger partial charge on any atom is 0.410 e. The Hall–Kier alpha value is -2.83. The van der Waals surface area contributed by atoms with E-state index in [1.54, 1.807) is 6.07 Å². The van der Waals surface area contributed by atoms with E-state index in [2.05, 4.69) is 5.16 Å². The molecule has 0 bridgehead atoms. The lowest BCUT2D eigenvalue weighted by atomic mass is 10.0. The topological polar surface area (TPSA) is 75.9 Å². The number of nitrogens with zero attached hydrogens (tertiary/aromatic N) is 3. The molecule has 1 saturated heterocycles. The van der Waals surface area contributed by atoms with Gasteiger partial charge in [0.15, 0.2) is 0 Å². The number of hydrogen-bond acceptors (Lipinski definition) is 5. The number of anilines is 2. The van der Waals surface area contributed by atoms with E-state index in [9.17, 15) is 9.59 Å². The van der Waals surface area contributed by atoms with E-state index < -0.39 is 17.7 Å². The zero-order chi connectivity index (χ0) is 19.4. The molecular weight excluding hydrogens is 346 g/mol. The summed E-state index contributed by atoms with van der Waals surface area (Å²) in [6.07, 6.45) is 3.32. The highest BCUT2D eigenvalue weighted by atomic mass is 16.6. The number of benzene rings is 1. The molecule has 2 amide bonds. The summed E-state index contributed by atoms with van der Waals surface area (Å²) in [4.78, 5) is 29.1. The second-order valence-corrected chi connectivity index (χ2v) is 7.55. The summed E-state index contributed by atoms with van der Waals surface area (Å²) < 4.78 is 10.8. The highest BCUT2D eigenvalue weighted by Gasteiger charge is 2.38. The minimum Gasteiger partial charge on any atom is -0.444 e. The van der Waals surface area contributed by atoms with E-state index in [4.69, 9.17) is 9.26 Å². The monoisotopic (exact) mass is 371 g/mol. The van der Waals surface area contributed by atoms with Crippen molar-refractivity contribution in [2.45, 2.75) is 51.7 Å². The number of para-hydroxylation sites is 1. The number of carbonyl (C=O) groups excluding carboxylic acids is 2. The fraction of sp³-hybridized carbons (Fsp3) is 0.450. The Kier molecular flexibility index (Phi) is 5.48. The van der Waals surface area contributed by atoms with Crippen molar-refractivity contribution in [3.63, 3.8) is 0 Å². The highest BCUT2D eigenvalue weighted by Crippen LogP contribution is 2.29. The molecule has 7 heteroatoms. The fourth-order valence-electron chi connectivity index (χ4n) is 3.14. The first kappa shape index (κ1) is 18.9. The number of likely N-dealkylation sites (tertiary alicyclic amines) is 1. The Morgan fingerprint density at radius 3 is 2.56 bits per heavy atom. The van der Waals surface area contributed by atoms with E-state index in [-0.39, 0.29) is 5.91 Å². The molecule has 3 rings (SSSR count). The molecule has 1 aliphatic heterocycles. The molecule has 2 heterocycles. The van der Waals surface area contributed by atoms with Gasteiger partial charge < -0.3 is 9.26 Å². The lowest BCUT2D eigenvalue weighted by Gasteiger charge is -2.37. The summed E-state index contributed by atoms with van der Waals surface area (Å²) in [5, 5.41) is 3.72. The van der Waals surface area contributed by atoms with E-state index in [1.807, 2.05) is 51.1 Å². The van der Waals surface area contributed by atoms with Gasteiger partial charge in [-0.3, -0.25) is 9.69 Å². The Morgan fingerprint density at radius 1 is 1.19 bits per heavy atom. The average molecular weight is 371 g/mol. The van der Waals surface area contributed by atoms with Gasteiger partial charge in [0.2, 0.25) is 5.88 Å². The number of aromatic nitrogens is 1. The van der Waals surface area contributed by atoms with Gasteiger partial charge >= 0.3 is 6.09 Å². The first-order valence-electron chi connectivity index (χ1n) is 9.16. The van der Waals surface area contributed by atoms with Gasteiger partial charge in [-0.25, -0.2) is 9.69 Å². The molecule has 0 radical (unpaired) electrons. The van der Waals surface area contributed by atoms with Crippen LogP contribution in [0.4, 0.5) is 16.4 Å². The molecule has 0 N–H and O–H groups in total. The fourth-order valence-corrected chi connectivity index (χ4v) is 3.14. The zero-order valence-electron chi connectivity index (χ0n) is 15.9. The predicted octanol–water partition coefficient (Wildman–Crippen LogP) is 4.13. The number of piperidine rings is 1. The van der Waals surface area contributed by atoms with Crippen LogP contribution < -0.4 is 4.90 Å². The third kappa shape index (κ3) is 4.48. The highest BCUT2D eigenvalue weighted by molar-refractivity contribution is 6.03. The number of carbonyl (C=O) groups is 2. The quantitative estimate of drug-likeness (QED) is 0.811. The van der Waals surface area contributed by atoms with Gasteiger partial charge in [0.05, 0.1) is 11.9 Å². The Morgan fingerprint density at radius 2 is 1.93 bits per heavy atom. The second kappa shape index (κ2) is 7.82. The molecule has 1 unspecified atom stereocenters. The maximum atomic E-state index is 13.5. The van der Waals surface area contributed by atoms with E-state index in [0.29, 0.717) is 24.5 Å². The largest absolute Gasteiger partial charge is 0.444 e. The summed E-state index contributed by atoms with van der Waals surface area (Å²) in [5.74, 6) is 0.0874. The molecule has 0 spiro atoms. The minimum atomic E-state index is -0.619. The van der Waals surface area contributed by atoms with Crippen molar-refractivity contribution < 1.29 is 18.8 Å². The molecule has 27 heavy (non-hydrogen) atoms. The van der Waals surface area contributed by atoms with Crippen LogP contribution >= 0.6 is 0 Å². The second-order valence-electron chi connectivity index (χ2n) is 7.55. The predicted molar refractivity (Wildman–Crippen MR) is 101 cm³/mol. The molecule has 1 aromatic heterocycles. The van der Waals surface area contributed by atoms with Crippen LogP contribution in [0.5, 0.6) is 0 Å². The number of rotatable bonds is 3. The lowest BCUT2D eigenvalue weighted by molar-refractivity contribution is -0.124. The van der Waals surface area contributed by atoms with Crippen LogP contribution in [0.3, 0.4) is 0 Å². The van der Waals surface area contributed by atoms with Crippen molar-refractivity contribution in [2.75, 3.05) is 11.4 Å². The Labute approximate surface area is 158 Å². The van der Waals surface area contributed by atoms with Gasteiger partial charge in [-0.05, 0) is 52.2 Å². The lowest BCUT2D eigenvalue weighted by Crippen LogP contribution is -2.53. The van der Waals surface area contributed by atoms with Gasteiger partial charge in [-0.1, -0.05) is 23.4 Å². The molecule has 0 saturated carbocycles. The van der Waals surface area contributed by atoms with Crippen molar-refractivity contribution >= 4 is 23.6 Å². The van der Waals surface area contributed by atoms with Gasteiger partial charge in [0, 0.05) is 12.6 Å². The third-order valence-corrected chi connectivity index (χ3v) is 4.30. The molecule has 144 valence electrons. The molecular formula is C20H25N3O4. The Bertz CT molecular complexity index is 768. The van der Waals surface area contributed by atoms with Crippen molar-refractivity contribution in [3.05, 3.63) is 42.6 Å². The number of ether oxygens (including phenoxy) is 1. The van der Waals surface area contributed by atoms with Gasteiger partial charge in [-0.2, -0.15) is 0 Å². The average Bonchev–Trinajstić information content (AvgIpc) is 3.15. The third-order valence-electron chi connectivity index (χ3n) is 4.30. The molecule has 1 atom stereocenters. The van der Waals surface area contributed by atoms with Crippen LogP contribution in [0.2, 0.25) is 0 Å². The van der Waals surface area contributed by atoms with Crippen LogP contribution in [0.1, 0.15) is 40.0 Å². The van der Waals surface area contributed by atoms with Crippen molar-refractivity contribution in [1.29, 1.82) is 0 Å². The SMILES string of the molecule is CC(C)(C)OC(=O)N1CCCCC1C(=O)N(c1ccccc1)c1ccno1. The smallest absolute Gasteiger partial charge is 0.410 e. The molecule has 1 fully saturated rings. The molecule has 0 aliphatic carbocycles. The van der Waals surface area contributed by atoms with E-state index >= 15 is 0 Å². The minimum absolute atomic E-state index is 0.233. The van der Waals surface area contributed by atoms with Crippen LogP contribution in [0, 0.1) is 0 Å². The first-order chi connectivity index (χ1) is 12.9. The van der Waals surface area contributed by atoms with Gasteiger partial charge in [0.25, 0.3) is 5.91 Å². The van der Waals surface area contributed by atoms with E-state index in [1.165, 1.54) is 16.0 Å². The number of amides is 2. The first-order valence-corrected chi connectivity index (χ1v) is 9.16. The van der Waals surface area contributed by atoms with Gasteiger partial charge in [-0.15, -0.1) is 0 Å². The standard InChI is InChI=1S/C20H25N3O4/c1-20(2,3)26-19(25)22-14-8-7-11-16(22)18(24)23(17-12-13-21-27-17)15-9-5-4-6-10-15/h4-6,9-10,12-13,16H,7-8,11,14H2,1-3H3. The Balaban J connectivity index is 1.90. The summed E-state index contributed by atoms with van der Waals surface area (Å²) in [7, 11) is 0. The van der Waals surface area contributed by atoms with Crippen molar-refractivity contribution in [2.24, 2.45) is 0 Å². The maximum absolute atomic E-state index is 13.5. The molecule has 1 aromatic carbocycles. The van der Waals surface area contributed by atoms with E-state index in [0.717, 1.165) is 12.8 Å². The molecule has 2 aromatic rings. The van der Waals surface area contributed by atoms with Crippen LogP contribution in [0.25, 0.3) is 0 Å². The van der Waals surface area contributed by atoms with Gasteiger partial charge in [0.1, 0.15) is 11.6 Å². The van der Waals surface area contributed by atoms with Crippen LogP contribution in [-0.2, 0) is 9.53 Å². The van der Waals surface area contributed by atoms with Crippen LogP contribution in [-0.4, -0.2) is 40.2 Å². The van der Waals surface area contributed by atoms with Crippen molar-refractivity contribution in [3.8, 4) is 0 Å². The summed E-state index contributed by atoms with van der Waals surface area (Å²) in [6.45, 7) is 5.94. The summed E-state index contributed by atoms with van der Waals surface area (Å²) >= 11 is 0. The van der Waals surface area contributed by atoms with Crippen LogP contribution in [0.15, 0.2) is 47.1 Å².